The van der Waals surface area contributed by atoms with E-state index in [1.54, 1.807) is 0 Å². The van der Waals surface area contributed by atoms with Gasteiger partial charge in [0.15, 0.2) is 5.17 Å². The van der Waals surface area contributed by atoms with Gasteiger partial charge in [0.1, 0.15) is 0 Å². The molecule has 0 aliphatic rings. The van der Waals surface area contributed by atoms with Crippen molar-refractivity contribution >= 4 is 40.1 Å². The lowest BCUT2D eigenvalue weighted by Gasteiger charge is -2.15. The third-order valence-electron chi connectivity index (χ3n) is 1.49. The first-order valence-corrected chi connectivity index (χ1v) is 5.26. The first-order valence-electron chi connectivity index (χ1n) is 3.69. The number of rotatable bonds is 2. The van der Waals surface area contributed by atoms with Crippen LogP contribution in [0.15, 0.2) is 18.2 Å². The highest BCUT2D eigenvalue weighted by atomic mass is 35.5. The summed E-state index contributed by atoms with van der Waals surface area (Å²) in [5.41, 5.74) is 4.56. The molecule has 2 nitrogen and oxygen atoms in total. The molecule has 1 aromatic carbocycles. The highest BCUT2D eigenvalue weighted by Gasteiger charge is 2.34. The molecule has 0 saturated carbocycles. The topological polar surface area (TPSA) is 49.9 Å². The summed E-state index contributed by atoms with van der Waals surface area (Å²) >= 11 is 11.1. The van der Waals surface area contributed by atoms with E-state index in [1.807, 2.05) is 0 Å². The van der Waals surface area contributed by atoms with E-state index in [9.17, 15) is 8.78 Å². The summed E-state index contributed by atoms with van der Waals surface area (Å²) < 4.78 is 26.7. The van der Waals surface area contributed by atoms with Crippen LogP contribution >= 0.6 is 35.0 Å². The van der Waals surface area contributed by atoms with Crippen LogP contribution in [0.1, 0.15) is 5.56 Å². The number of hydrogen-bond donors (Lipinski definition) is 2. The molecule has 0 amide bonds. The van der Waals surface area contributed by atoms with Crippen molar-refractivity contribution in [2.75, 3.05) is 0 Å². The largest absolute Gasteiger partial charge is 0.379 e. The number of alkyl halides is 2. The molecular formula is C8H6Cl2F2N2S. The fourth-order valence-corrected chi connectivity index (χ4v) is 1.69. The predicted molar refractivity (Wildman–Crippen MR) is 59.9 cm³/mol. The highest BCUT2D eigenvalue weighted by Crippen LogP contribution is 2.41. The Labute approximate surface area is 99.2 Å². The highest BCUT2D eigenvalue weighted by molar-refractivity contribution is 8.14. The normalized spacial score (nSPS) is 11.5. The van der Waals surface area contributed by atoms with Crippen LogP contribution in [0, 0.1) is 5.41 Å². The van der Waals surface area contributed by atoms with Crippen molar-refractivity contribution < 1.29 is 8.78 Å². The number of nitrogens with one attached hydrogen (secondary N) is 1. The number of nitrogens with two attached hydrogens (primary N) is 1. The van der Waals surface area contributed by atoms with E-state index in [-0.39, 0.29) is 27.4 Å². The van der Waals surface area contributed by atoms with Crippen LogP contribution < -0.4 is 5.73 Å². The summed E-state index contributed by atoms with van der Waals surface area (Å²) in [5, 5.41) is 3.10. The fourth-order valence-electron chi connectivity index (χ4n) is 0.874. The molecule has 0 aliphatic carbocycles. The monoisotopic (exact) mass is 270 g/mol. The van der Waals surface area contributed by atoms with E-state index in [2.05, 4.69) is 0 Å². The molecular weight excluding hydrogens is 265 g/mol. The van der Waals surface area contributed by atoms with Gasteiger partial charge in [0, 0.05) is 5.56 Å². The van der Waals surface area contributed by atoms with E-state index >= 15 is 0 Å². The Kier molecular flexibility index (Phi) is 3.81. The van der Waals surface area contributed by atoms with Crippen LogP contribution in [-0.2, 0) is 5.25 Å². The molecule has 0 fully saturated rings. The van der Waals surface area contributed by atoms with Gasteiger partial charge in [-0.05, 0) is 23.9 Å². The predicted octanol–water partition coefficient (Wildman–Crippen LogP) is 3.67. The van der Waals surface area contributed by atoms with Crippen LogP contribution in [0.2, 0.25) is 10.0 Å². The molecule has 7 heteroatoms. The van der Waals surface area contributed by atoms with Crippen LogP contribution in [0.3, 0.4) is 0 Å². The Morgan fingerprint density at radius 2 is 1.93 bits per heavy atom. The van der Waals surface area contributed by atoms with E-state index in [4.69, 9.17) is 34.3 Å². The molecule has 82 valence electrons. The smallest absolute Gasteiger partial charge is 0.326 e. The minimum atomic E-state index is -3.28. The van der Waals surface area contributed by atoms with Crippen LogP contribution in [-0.4, -0.2) is 5.17 Å². The van der Waals surface area contributed by atoms with Gasteiger partial charge in [-0.2, -0.15) is 8.78 Å². The quantitative estimate of drug-likeness (QED) is 0.637. The van der Waals surface area contributed by atoms with Crippen molar-refractivity contribution in [3.8, 4) is 0 Å². The lowest BCUT2D eigenvalue weighted by atomic mass is 10.2. The van der Waals surface area contributed by atoms with Gasteiger partial charge in [-0.15, -0.1) is 0 Å². The van der Waals surface area contributed by atoms with E-state index < -0.39 is 10.4 Å². The number of thioether (sulfide) groups is 1. The molecule has 0 radical (unpaired) electrons. The van der Waals surface area contributed by atoms with Crippen molar-refractivity contribution in [2.24, 2.45) is 5.73 Å². The Morgan fingerprint density at radius 1 is 1.33 bits per heavy atom. The van der Waals surface area contributed by atoms with Crippen LogP contribution in [0.25, 0.3) is 0 Å². The zero-order chi connectivity index (χ0) is 11.6. The molecule has 1 rings (SSSR count). The van der Waals surface area contributed by atoms with Crippen molar-refractivity contribution in [1.29, 1.82) is 5.41 Å². The molecule has 0 bridgehead atoms. The van der Waals surface area contributed by atoms with Crippen LogP contribution in [0.4, 0.5) is 8.78 Å². The van der Waals surface area contributed by atoms with Crippen molar-refractivity contribution in [1.82, 2.24) is 0 Å². The summed E-state index contributed by atoms with van der Waals surface area (Å²) in [7, 11) is 0. The summed E-state index contributed by atoms with van der Waals surface area (Å²) in [6.07, 6.45) is 0. The SMILES string of the molecule is N=C(N)SC(F)(F)c1ccc(Cl)c(Cl)c1. The minimum absolute atomic E-state index is 0.0398. The maximum absolute atomic E-state index is 13.4. The van der Waals surface area contributed by atoms with Gasteiger partial charge < -0.3 is 5.73 Å². The Bertz CT molecular complexity index is 398. The average molecular weight is 271 g/mol. The molecule has 0 aliphatic heterocycles. The second-order valence-corrected chi connectivity index (χ2v) is 4.58. The molecule has 0 atom stereocenters. The van der Waals surface area contributed by atoms with Crippen LogP contribution in [0.5, 0.6) is 0 Å². The van der Waals surface area contributed by atoms with Crippen molar-refractivity contribution in [3.63, 3.8) is 0 Å². The molecule has 15 heavy (non-hydrogen) atoms. The molecule has 1 aromatic rings. The molecule has 0 saturated heterocycles. The molecule has 0 unspecified atom stereocenters. The van der Waals surface area contributed by atoms with Gasteiger partial charge in [0.2, 0.25) is 0 Å². The van der Waals surface area contributed by atoms with E-state index in [0.29, 0.717) is 0 Å². The lowest BCUT2D eigenvalue weighted by molar-refractivity contribution is 0.107. The van der Waals surface area contributed by atoms with Gasteiger partial charge in [0.25, 0.3) is 0 Å². The maximum atomic E-state index is 13.4. The zero-order valence-electron chi connectivity index (χ0n) is 7.23. The lowest BCUT2D eigenvalue weighted by Crippen LogP contribution is -2.16. The third kappa shape index (κ3) is 3.22. The van der Waals surface area contributed by atoms with Gasteiger partial charge in [-0.3, -0.25) is 5.41 Å². The first-order chi connectivity index (χ1) is 6.83. The number of amidine groups is 1. The Balaban J connectivity index is 3.04. The van der Waals surface area contributed by atoms with Gasteiger partial charge >= 0.3 is 5.25 Å². The summed E-state index contributed by atoms with van der Waals surface area (Å²) in [4.78, 5) is 0. The Morgan fingerprint density at radius 3 is 2.40 bits per heavy atom. The first kappa shape index (κ1) is 12.5. The molecule has 3 N–H and O–H groups in total. The maximum Gasteiger partial charge on any atom is 0.326 e. The second kappa shape index (κ2) is 4.55. The Hall–Kier alpha value is -0.520. The van der Waals surface area contributed by atoms with Gasteiger partial charge in [-0.1, -0.05) is 29.3 Å². The summed E-state index contributed by atoms with van der Waals surface area (Å²) in [5.74, 6) is 0. The summed E-state index contributed by atoms with van der Waals surface area (Å²) in [6.45, 7) is 0. The molecule has 0 spiro atoms. The fraction of sp³-hybridized carbons (Fsp3) is 0.125. The zero-order valence-corrected chi connectivity index (χ0v) is 9.56. The van der Waals surface area contributed by atoms with Gasteiger partial charge in [0.05, 0.1) is 10.0 Å². The van der Waals surface area contributed by atoms with E-state index in [1.165, 1.54) is 6.07 Å². The number of hydrogen-bond acceptors (Lipinski definition) is 2. The van der Waals surface area contributed by atoms with Gasteiger partial charge in [-0.25, -0.2) is 0 Å². The minimum Gasteiger partial charge on any atom is -0.379 e. The number of benzene rings is 1. The average Bonchev–Trinajstić information content (AvgIpc) is 2.07. The molecule has 0 heterocycles. The van der Waals surface area contributed by atoms with Crippen molar-refractivity contribution in [2.45, 2.75) is 5.25 Å². The number of halogens is 4. The third-order valence-corrected chi connectivity index (χ3v) is 2.94. The second-order valence-electron chi connectivity index (χ2n) is 2.61. The molecule has 0 aromatic heterocycles. The van der Waals surface area contributed by atoms with E-state index in [0.717, 1.165) is 12.1 Å². The standard InChI is InChI=1S/C8H6Cl2F2N2S/c9-5-2-1-4(3-6(5)10)8(11,12)15-7(13)14/h1-3H,(H3,13,14). The summed E-state index contributed by atoms with van der Waals surface area (Å²) in [6, 6.07) is 3.47. The van der Waals surface area contributed by atoms with Crippen molar-refractivity contribution in [3.05, 3.63) is 33.8 Å².